The number of pyridine rings is 1. The van der Waals surface area contributed by atoms with Gasteiger partial charge < -0.3 is 4.74 Å². The van der Waals surface area contributed by atoms with Crippen molar-refractivity contribution < 1.29 is 4.74 Å². The Labute approximate surface area is 126 Å². The van der Waals surface area contributed by atoms with E-state index in [0.717, 1.165) is 5.56 Å². The van der Waals surface area contributed by atoms with Crippen molar-refractivity contribution in [3.63, 3.8) is 0 Å². The third kappa shape index (κ3) is 3.06. The van der Waals surface area contributed by atoms with Gasteiger partial charge in [0, 0.05) is 17.3 Å². The fraction of sp³-hybridized carbons (Fsp3) is 0.125. The summed E-state index contributed by atoms with van der Waals surface area (Å²) in [5, 5.41) is 0.606. The van der Waals surface area contributed by atoms with Crippen LogP contribution in [0.1, 0.15) is 11.3 Å². The molecule has 0 saturated carbocycles. The minimum absolute atomic E-state index is 0.121. The number of hydrogen-bond donors (Lipinski definition) is 0. The lowest BCUT2D eigenvalue weighted by molar-refractivity contribution is 0.301. The molecule has 0 N–H and O–H groups in total. The number of rotatable bonds is 3. The Morgan fingerprint density at radius 2 is 2.10 bits per heavy atom. The molecule has 0 aliphatic rings. The highest BCUT2D eigenvalue weighted by Gasteiger charge is 2.04. The van der Waals surface area contributed by atoms with E-state index in [-0.39, 0.29) is 12.2 Å². The molecule has 1 aromatic carbocycles. The largest absolute Gasteiger partial charge is 0.487 e. The number of hydrogen-bond acceptors (Lipinski definition) is 3. The first kappa shape index (κ1) is 13.6. The number of nitrogens with zero attached hydrogens (tertiary/aromatic N) is 2. The molecule has 0 fully saturated rings. The highest BCUT2D eigenvalue weighted by molar-refractivity contribution is 6.30. The standard InChI is InChI=1S/C16H13ClN2O2/c1-11-5-6-19-15(7-11)18-13(9-16(19)20)10-21-14-4-2-3-12(17)8-14/h2-9H,10H2,1H3. The topological polar surface area (TPSA) is 43.6 Å². The number of fused-ring (bicyclic) bond motifs is 1. The van der Waals surface area contributed by atoms with Crippen molar-refractivity contribution in [3.05, 3.63) is 75.3 Å². The fourth-order valence-corrected chi connectivity index (χ4v) is 2.22. The highest BCUT2D eigenvalue weighted by Crippen LogP contribution is 2.18. The molecule has 0 spiro atoms. The van der Waals surface area contributed by atoms with E-state index < -0.39 is 0 Å². The van der Waals surface area contributed by atoms with Crippen LogP contribution in [0.4, 0.5) is 0 Å². The second-order valence-corrected chi connectivity index (χ2v) is 5.20. The van der Waals surface area contributed by atoms with Crippen LogP contribution in [0.15, 0.2) is 53.5 Å². The molecular formula is C16H13ClN2O2. The quantitative estimate of drug-likeness (QED) is 0.746. The molecule has 2 heterocycles. The average Bonchev–Trinajstić information content (AvgIpc) is 2.45. The summed E-state index contributed by atoms with van der Waals surface area (Å²) in [5.74, 6) is 0.647. The Balaban J connectivity index is 1.89. The second-order valence-electron chi connectivity index (χ2n) is 4.76. The van der Waals surface area contributed by atoms with Crippen molar-refractivity contribution in [1.82, 2.24) is 9.38 Å². The van der Waals surface area contributed by atoms with Crippen molar-refractivity contribution in [2.75, 3.05) is 0 Å². The summed E-state index contributed by atoms with van der Waals surface area (Å²) in [4.78, 5) is 16.5. The van der Waals surface area contributed by atoms with Gasteiger partial charge in [-0.15, -0.1) is 0 Å². The van der Waals surface area contributed by atoms with Crippen LogP contribution in [-0.2, 0) is 6.61 Å². The zero-order valence-electron chi connectivity index (χ0n) is 11.4. The minimum Gasteiger partial charge on any atom is -0.487 e. The van der Waals surface area contributed by atoms with E-state index in [1.807, 2.05) is 31.2 Å². The van der Waals surface area contributed by atoms with Gasteiger partial charge in [-0.05, 0) is 42.8 Å². The summed E-state index contributed by atoms with van der Waals surface area (Å²) in [6, 6.07) is 12.3. The van der Waals surface area contributed by atoms with Crippen LogP contribution >= 0.6 is 11.6 Å². The third-order valence-electron chi connectivity index (χ3n) is 3.06. The Bertz CT molecular complexity index is 858. The predicted octanol–water partition coefficient (Wildman–Crippen LogP) is 3.24. The van der Waals surface area contributed by atoms with Gasteiger partial charge in [0.2, 0.25) is 0 Å². The minimum atomic E-state index is -0.121. The smallest absolute Gasteiger partial charge is 0.258 e. The molecule has 0 aliphatic heterocycles. The van der Waals surface area contributed by atoms with E-state index in [2.05, 4.69) is 4.98 Å². The first-order chi connectivity index (χ1) is 10.1. The van der Waals surface area contributed by atoms with Crippen LogP contribution in [0, 0.1) is 6.92 Å². The van der Waals surface area contributed by atoms with E-state index >= 15 is 0 Å². The molecule has 4 nitrogen and oxygen atoms in total. The average molecular weight is 301 g/mol. The molecule has 0 atom stereocenters. The molecule has 0 aliphatic carbocycles. The molecule has 3 rings (SSSR count). The zero-order chi connectivity index (χ0) is 14.8. The van der Waals surface area contributed by atoms with Gasteiger partial charge >= 0.3 is 0 Å². The summed E-state index contributed by atoms with van der Waals surface area (Å²) in [5.41, 5.74) is 2.14. The van der Waals surface area contributed by atoms with Gasteiger partial charge in [0.05, 0.1) is 5.69 Å². The lowest BCUT2D eigenvalue weighted by Crippen LogP contribution is -2.16. The zero-order valence-corrected chi connectivity index (χ0v) is 12.2. The van der Waals surface area contributed by atoms with Crippen molar-refractivity contribution in [2.24, 2.45) is 0 Å². The molecule has 0 radical (unpaired) electrons. The molecule has 5 heteroatoms. The van der Waals surface area contributed by atoms with Gasteiger partial charge in [0.1, 0.15) is 18.0 Å². The van der Waals surface area contributed by atoms with Crippen LogP contribution in [0.3, 0.4) is 0 Å². The van der Waals surface area contributed by atoms with Gasteiger partial charge in [-0.1, -0.05) is 17.7 Å². The normalized spacial score (nSPS) is 10.8. The van der Waals surface area contributed by atoms with E-state index in [1.165, 1.54) is 10.5 Å². The Kier molecular flexibility index (Phi) is 3.62. The number of benzene rings is 1. The number of halogens is 1. The SMILES string of the molecule is Cc1ccn2c(=O)cc(COc3cccc(Cl)c3)nc2c1. The molecule has 3 aromatic rings. The maximum absolute atomic E-state index is 12.0. The van der Waals surface area contributed by atoms with Crippen molar-refractivity contribution >= 4 is 17.2 Å². The predicted molar refractivity (Wildman–Crippen MR) is 82.0 cm³/mol. The molecule has 0 amide bonds. The highest BCUT2D eigenvalue weighted by atomic mass is 35.5. The monoisotopic (exact) mass is 300 g/mol. The summed E-state index contributed by atoms with van der Waals surface area (Å²) >= 11 is 5.90. The van der Waals surface area contributed by atoms with Gasteiger partial charge in [-0.3, -0.25) is 9.20 Å². The van der Waals surface area contributed by atoms with Gasteiger partial charge in [0.25, 0.3) is 5.56 Å². The van der Waals surface area contributed by atoms with Crippen LogP contribution in [0.2, 0.25) is 5.02 Å². The van der Waals surface area contributed by atoms with E-state index in [1.54, 1.807) is 18.3 Å². The number of ether oxygens (including phenoxy) is 1. The van der Waals surface area contributed by atoms with Crippen LogP contribution in [0.5, 0.6) is 5.75 Å². The van der Waals surface area contributed by atoms with E-state index in [0.29, 0.717) is 22.1 Å². The summed E-state index contributed by atoms with van der Waals surface area (Å²) in [7, 11) is 0. The van der Waals surface area contributed by atoms with Crippen LogP contribution < -0.4 is 10.3 Å². The van der Waals surface area contributed by atoms with Crippen molar-refractivity contribution in [1.29, 1.82) is 0 Å². The van der Waals surface area contributed by atoms with Crippen LogP contribution in [0.25, 0.3) is 5.65 Å². The lowest BCUT2D eigenvalue weighted by Gasteiger charge is -2.07. The molecule has 106 valence electrons. The maximum atomic E-state index is 12.0. The Hall–Kier alpha value is -2.33. The Morgan fingerprint density at radius 1 is 1.24 bits per heavy atom. The van der Waals surface area contributed by atoms with Crippen molar-refractivity contribution in [2.45, 2.75) is 13.5 Å². The van der Waals surface area contributed by atoms with Crippen molar-refractivity contribution in [3.8, 4) is 5.75 Å². The van der Waals surface area contributed by atoms with E-state index in [4.69, 9.17) is 16.3 Å². The molecule has 21 heavy (non-hydrogen) atoms. The number of aryl methyl sites for hydroxylation is 1. The van der Waals surface area contributed by atoms with Gasteiger partial charge in [-0.2, -0.15) is 0 Å². The Morgan fingerprint density at radius 3 is 2.90 bits per heavy atom. The van der Waals surface area contributed by atoms with Crippen LogP contribution in [-0.4, -0.2) is 9.38 Å². The maximum Gasteiger partial charge on any atom is 0.258 e. The molecule has 2 aromatic heterocycles. The molecule has 0 bridgehead atoms. The fourth-order valence-electron chi connectivity index (χ4n) is 2.04. The molecule has 0 unspecified atom stereocenters. The second kappa shape index (κ2) is 5.58. The van der Waals surface area contributed by atoms with Gasteiger partial charge in [-0.25, -0.2) is 4.98 Å². The summed E-state index contributed by atoms with van der Waals surface area (Å²) in [6.45, 7) is 2.18. The first-order valence-corrected chi connectivity index (χ1v) is 6.87. The molecule has 0 saturated heterocycles. The first-order valence-electron chi connectivity index (χ1n) is 6.49. The summed E-state index contributed by atoms with van der Waals surface area (Å²) < 4.78 is 7.12. The molecular weight excluding hydrogens is 288 g/mol. The van der Waals surface area contributed by atoms with Gasteiger partial charge in [0.15, 0.2) is 0 Å². The summed E-state index contributed by atoms with van der Waals surface area (Å²) in [6.07, 6.45) is 1.72. The van der Waals surface area contributed by atoms with E-state index in [9.17, 15) is 4.79 Å². The lowest BCUT2D eigenvalue weighted by atomic mass is 10.3. The number of aromatic nitrogens is 2. The third-order valence-corrected chi connectivity index (χ3v) is 3.29.